The standard InChI is InChI=1S/C14H20N2O/c1-3-11-6-7-16(9-11)14(17)13-8-12(15)5-4-10(13)2/h4-5,8,11H,3,6-7,9,15H2,1-2H3. The minimum absolute atomic E-state index is 0.130. The third kappa shape index (κ3) is 2.43. The largest absolute Gasteiger partial charge is 0.399 e. The number of hydrogen-bond donors (Lipinski definition) is 1. The van der Waals surface area contributed by atoms with Crippen molar-refractivity contribution in [2.24, 2.45) is 5.92 Å². The van der Waals surface area contributed by atoms with Crippen molar-refractivity contribution in [1.82, 2.24) is 4.90 Å². The highest BCUT2D eigenvalue weighted by Crippen LogP contribution is 2.23. The number of carbonyl (C=O) groups is 1. The predicted octanol–water partition coefficient (Wildman–Crippen LogP) is 2.45. The maximum Gasteiger partial charge on any atom is 0.254 e. The quantitative estimate of drug-likeness (QED) is 0.796. The van der Waals surface area contributed by atoms with Crippen LogP contribution in [-0.4, -0.2) is 23.9 Å². The highest BCUT2D eigenvalue weighted by molar-refractivity contribution is 5.96. The van der Waals surface area contributed by atoms with Gasteiger partial charge in [-0.25, -0.2) is 0 Å². The summed E-state index contributed by atoms with van der Waals surface area (Å²) in [5.74, 6) is 0.797. The Labute approximate surface area is 103 Å². The van der Waals surface area contributed by atoms with Gasteiger partial charge in [0.2, 0.25) is 0 Å². The molecule has 1 aromatic carbocycles. The fourth-order valence-electron chi connectivity index (χ4n) is 2.39. The molecule has 0 aromatic heterocycles. The second kappa shape index (κ2) is 4.78. The van der Waals surface area contributed by atoms with E-state index in [2.05, 4.69) is 6.92 Å². The van der Waals surface area contributed by atoms with Gasteiger partial charge in [0.15, 0.2) is 0 Å². The topological polar surface area (TPSA) is 46.3 Å². The first-order valence-corrected chi connectivity index (χ1v) is 6.27. The van der Waals surface area contributed by atoms with Crippen molar-refractivity contribution in [2.45, 2.75) is 26.7 Å². The van der Waals surface area contributed by atoms with E-state index in [0.717, 1.165) is 37.1 Å². The van der Waals surface area contributed by atoms with Crippen LogP contribution >= 0.6 is 0 Å². The van der Waals surface area contributed by atoms with Crippen molar-refractivity contribution >= 4 is 11.6 Å². The molecule has 0 radical (unpaired) electrons. The summed E-state index contributed by atoms with van der Waals surface area (Å²) in [4.78, 5) is 14.3. The first-order valence-electron chi connectivity index (χ1n) is 6.27. The summed E-state index contributed by atoms with van der Waals surface area (Å²) in [7, 11) is 0. The molecule has 1 aliphatic rings. The fraction of sp³-hybridized carbons (Fsp3) is 0.500. The zero-order valence-electron chi connectivity index (χ0n) is 10.6. The van der Waals surface area contributed by atoms with Gasteiger partial charge in [-0.05, 0) is 37.0 Å². The van der Waals surface area contributed by atoms with Crippen LogP contribution < -0.4 is 5.73 Å². The summed E-state index contributed by atoms with van der Waals surface area (Å²) >= 11 is 0. The molecule has 92 valence electrons. The van der Waals surface area contributed by atoms with Gasteiger partial charge in [0, 0.05) is 24.3 Å². The number of carbonyl (C=O) groups excluding carboxylic acids is 1. The average molecular weight is 232 g/mol. The first kappa shape index (κ1) is 12.0. The Morgan fingerprint density at radius 3 is 2.94 bits per heavy atom. The second-order valence-corrected chi connectivity index (χ2v) is 4.89. The number of rotatable bonds is 2. The van der Waals surface area contributed by atoms with Gasteiger partial charge in [-0.15, -0.1) is 0 Å². The summed E-state index contributed by atoms with van der Waals surface area (Å²) in [6.07, 6.45) is 2.28. The molecule has 1 unspecified atom stereocenters. The fourth-order valence-corrected chi connectivity index (χ4v) is 2.39. The molecule has 0 saturated carbocycles. The third-order valence-electron chi connectivity index (χ3n) is 3.64. The number of hydrogen-bond acceptors (Lipinski definition) is 2. The predicted molar refractivity (Wildman–Crippen MR) is 69.9 cm³/mol. The first-order chi connectivity index (χ1) is 8.11. The van der Waals surface area contributed by atoms with E-state index in [1.54, 1.807) is 6.07 Å². The molecule has 3 heteroatoms. The number of aryl methyl sites for hydroxylation is 1. The van der Waals surface area contributed by atoms with Crippen molar-refractivity contribution in [3.63, 3.8) is 0 Å². The highest BCUT2D eigenvalue weighted by Gasteiger charge is 2.26. The van der Waals surface area contributed by atoms with Gasteiger partial charge in [0.1, 0.15) is 0 Å². The Hall–Kier alpha value is -1.51. The normalized spacial score (nSPS) is 19.6. The van der Waals surface area contributed by atoms with E-state index in [9.17, 15) is 4.79 Å². The molecule has 2 rings (SSSR count). The monoisotopic (exact) mass is 232 g/mol. The van der Waals surface area contributed by atoms with Crippen LogP contribution in [0.15, 0.2) is 18.2 Å². The molecule has 2 N–H and O–H groups in total. The zero-order chi connectivity index (χ0) is 12.4. The van der Waals surface area contributed by atoms with E-state index in [1.807, 2.05) is 24.0 Å². The number of anilines is 1. The number of amides is 1. The number of nitrogen functional groups attached to an aromatic ring is 1. The van der Waals surface area contributed by atoms with E-state index in [4.69, 9.17) is 5.73 Å². The Morgan fingerprint density at radius 1 is 1.53 bits per heavy atom. The zero-order valence-corrected chi connectivity index (χ0v) is 10.6. The maximum absolute atomic E-state index is 12.4. The summed E-state index contributed by atoms with van der Waals surface area (Å²) in [5, 5.41) is 0. The number of benzene rings is 1. The molecule has 0 aliphatic carbocycles. The summed E-state index contributed by atoms with van der Waals surface area (Å²) in [6, 6.07) is 5.54. The molecule has 0 spiro atoms. The Morgan fingerprint density at radius 2 is 2.29 bits per heavy atom. The molecule has 17 heavy (non-hydrogen) atoms. The number of nitrogens with two attached hydrogens (primary N) is 1. The molecule has 0 bridgehead atoms. The van der Waals surface area contributed by atoms with E-state index >= 15 is 0 Å². The Bertz CT molecular complexity index is 428. The summed E-state index contributed by atoms with van der Waals surface area (Å²) in [5.41, 5.74) is 8.16. The van der Waals surface area contributed by atoms with Crippen LogP contribution in [-0.2, 0) is 0 Å². The van der Waals surface area contributed by atoms with E-state index in [1.165, 1.54) is 0 Å². The van der Waals surface area contributed by atoms with Gasteiger partial charge in [0.05, 0.1) is 0 Å². The van der Waals surface area contributed by atoms with E-state index in [-0.39, 0.29) is 5.91 Å². The average Bonchev–Trinajstić information content (AvgIpc) is 2.80. The molecule has 3 nitrogen and oxygen atoms in total. The molecular formula is C14H20N2O. The maximum atomic E-state index is 12.4. The Balaban J connectivity index is 2.17. The number of likely N-dealkylation sites (tertiary alicyclic amines) is 1. The second-order valence-electron chi connectivity index (χ2n) is 4.89. The SMILES string of the molecule is CCC1CCN(C(=O)c2cc(N)ccc2C)C1. The van der Waals surface area contributed by atoms with Gasteiger partial charge in [-0.1, -0.05) is 19.4 Å². The van der Waals surface area contributed by atoms with Crippen LogP contribution in [0.4, 0.5) is 5.69 Å². The van der Waals surface area contributed by atoms with E-state index < -0.39 is 0 Å². The van der Waals surface area contributed by atoms with Gasteiger partial charge in [-0.2, -0.15) is 0 Å². The van der Waals surface area contributed by atoms with Crippen molar-refractivity contribution in [2.75, 3.05) is 18.8 Å². The van der Waals surface area contributed by atoms with Gasteiger partial charge in [0.25, 0.3) is 5.91 Å². The molecule has 1 aliphatic heterocycles. The van der Waals surface area contributed by atoms with Gasteiger partial charge < -0.3 is 10.6 Å². The molecule has 1 amide bonds. The van der Waals surface area contributed by atoms with Crippen molar-refractivity contribution in [1.29, 1.82) is 0 Å². The minimum Gasteiger partial charge on any atom is -0.399 e. The van der Waals surface area contributed by atoms with Crippen molar-refractivity contribution in [3.8, 4) is 0 Å². The van der Waals surface area contributed by atoms with Gasteiger partial charge >= 0.3 is 0 Å². The number of nitrogens with zero attached hydrogens (tertiary/aromatic N) is 1. The third-order valence-corrected chi connectivity index (χ3v) is 3.64. The smallest absolute Gasteiger partial charge is 0.254 e. The molecule has 1 saturated heterocycles. The van der Waals surface area contributed by atoms with Crippen molar-refractivity contribution in [3.05, 3.63) is 29.3 Å². The van der Waals surface area contributed by atoms with Crippen LogP contribution in [0.25, 0.3) is 0 Å². The molecule has 1 aromatic rings. The molecule has 1 atom stereocenters. The van der Waals surface area contributed by atoms with Gasteiger partial charge in [-0.3, -0.25) is 4.79 Å². The lowest BCUT2D eigenvalue weighted by molar-refractivity contribution is 0.0786. The lowest BCUT2D eigenvalue weighted by Gasteiger charge is -2.18. The molecule has 1 heterocycles. The van der Waals surface area contributed by atoms with Crippen LogP contribution in [0, 0.1) is 12.8 Å². The molecular weight excluding hydrogens is 212 g/mol. The lowest BCUT2D eigenvalue weighted by atomic mass is 10.1. The van der Waals surface area contributed by atoms with Crippen LogP contribution in [0.5, 0.6) is 0 Å². The Kier molecular flexibility index (Phi) is 3.36. The lowest BCUT2D eigenvalue weighted by Crippen LogP contribution is -2.29. The van der Waals surface area contributed by atoms with Crippen molar-refractivity contribution < 1.29 is 4.79 Å². The van der Waals surface area contributed by atoms with E-state index in [0.29, 0.717) is 11.6 Å². The molecule has 1 fully saturated rings. The van der Waals surface area contributed by atoms with Crippen LogP contribution in [0.2, 0.25) is 0 Å². The summed E-state index contributed by atoms with van der Waals surface area (Å²) in [6.45, 7) is 5.92. The highest BCUT2D eigenvalue weighted by atomic mass is 16.2. The van der Waals surface area contributed by atoms with Crippen LogP contribution in [0.1, 0.15) is 35.7 Å². The van der Waals surface area contributed by atoms with Crippen LogP contribution in [0.3, 0.4) is 0 Å². The summed E-state index contributed by atoms with van der Waals surface area (Å²) < 4.78 is 0. The minimum atomic E-state index is 0.130.